The topological polar surface area (TPSA) is 12.0 Å². The molecule has 0 aromatic rings. The quantitative estimate of drug-likeness (QED) is 0.454. The van der Waals surface area contributed by atoms with Crippen molar-refractivity contribution in [3.05, 3.63) is 73.4 Å². The molecule has 22 heavy (non-hydrogen) atoms. The molecule has 0 bridgehead atoms. The molecular formula is C21H31N. The van der Waals surface area contributed by atoms with Gasteiger partial charge in [-0.05, 0) is 31.7 Å². The molecule has 0 spiro atoms. The van der Waals surface area contributed by atoms with Crippen molar-refractivity contribution in [1.29, 1.82) is 0 Å². The summed E-state index contributed by atoms with van der Waals surface area (Å²) in [5.41, 5.74) is 1.51. The normalized spacial score (nSPS) is 24.4. The molecule has 0 aromatic carbocycles. The summed E-state index contributed by atoms with van der Waals surface area (Å²) in [4.78, 5) is 0. The first-order valence-corrected chi connectivity index (χ1v) is 8.29. The number of hydrogen-bond donors (Lipinski definition) is 1. The lowest BCUT2D eigenvalue weighted by atomic mass is 9.81. The number of rotatable bonds is 9. The fraction of sp³-hybridized carbons (Fsp3) is 0.429. The Kier molecular flexibility index (Phi) is 8.54. The lowest BCUT2D eigenvalue weighted by Gasteiger charge is -2.25. The molecule has 4 atom stereocenters. The zero-order valence-corrected chi connectivity index (χ0v) is 14.3. The zero-order chi connectivity index (χ0) is 16.4. The predicted octanol–water partition coefficient (Wildman–Crippen LogP) is 5.22. The minimum atomic E-state index is 0.360. The summed E-state index contributed by atoms with van der Waals surface area (Å²) in [6.07, 6.45) is 20.4. The smallest absolute Gasteiger partial charge is 0.0219 e. The second-order valence-electron chi connectivity index (χ2n) is 6.10. The van der Waals surface area contributed by atoms with Crippen molar-refractivity contribution in [2.24, 2.45) is 17.8 Å². The summed E-state index contributed by atoms with van der Waals surface area (Å²) in [6.45, 7) is 15.2. The van der Waals surface area contributed by atoms with Crippen molar-refractivity contribution in [2.75, 3.05) is 6.54 Å². The van der Waals surface area contributed by atoms with Crippen molar-refractivity contribution >= 4 is 0 Å². The monoisotopic (exact) mass is 297 g/mol. The van der Waals surface area contributed by atoms with Crippen molar-refractivity contribution in [2.45, 2.75) is 33.2 Å². The van der Waals surface area contributed by atoms with E-state index in [9.17, 15) is 0 Å². The van der Waals surface area contributed by atoms with Crippen molar-refractivity contribution in [3.63, 3.8) is 0 Å². The van der Waals surface area contributed by atoms with Crippen molar-refractivity contribution < 1.29 is 0 Å². The van der Waals surface area contributed by atoms with Gasteiger partial charge in [0.2, 0.25) is 0 Å². The Morgan fingerprint density at radius 2 is 1.95 bits per heavy atom. The first-order chi connectivity index (χ1) is 10.6. The van der Waals surface area contributed by atoms with E-state index in [1.165, 1.54) is 5.57 Å². The minimum Gasteiger partial charge on any atom is -0.310 e. The second-order valence-corrected chi connectivity index (χ2v) is 6.10. The maximum atomic E-state index is 3.83. The fourth-order valence-electron chi connectivity index (χ4n) is 2.72. The molecule has 0 fully saturated rings. The lowest BCUT2D eigenvalue weighted by molar-refractivity contribution is 0.534. The molecule has 0 saturated heterocycles. The van der Waals surface area contributed by atoms with Gasteiger partial charge in [0.1, 0.15) is 0 Å². The van der Waals surface area contributed by atoms with Gasteiger partial charge in [0, 0.05) is 12.0 Å². The van der Waals surface area contributed by atoms with Crippen LogP contribution in [0.2, 0.25) is 0 Å². The number of hydrogen-bond acceptors (Lipinski definition) is 1. The molecule has 0 heterocycles. The third kappa shape index (κ3) is 6.44. The Hall–Kier alpha value is -1.60. The van der Waals surface area contributed by atoms with E-state index in [0.29, 0.717) is 23.8 Å². The van der Waals surface area contributed by atoms with Crippen LogP contribution in [-0.4, -0.2) is 12.6 Å². The zero-order valence-electron chi connectivity index (χ0n) is 14.3. The van der Waals surface area contributed by atoms with Crippen LogP contribution in [0.4, 0.5) is 0 Å². The van der Waals surface area contributed by atoms with E-state index in [4.69, 9.17) is 0 Å². The molecule has 1 rings (SSSR count). The van der Waals surface area contributed by atoms with Gasteiger partial charge in [-0.1, -0.05) is 80.7 Å². The SMILES string of the molecule is C=C/C=C\C(C)/C=C(/CCNC(C)C=C)C1C=CC=CC1C. The van der Waals surface area contributed by atoms with E-state index in [1.54, 1.807) is 0 Å². The molecular weight excluding hydrogens is 266 g/mol. The van der Waals surface area contributed by atoms with Gasteiger partial charge < -0.3 is 5.32 Å². The van der Waals surface area contributed by atoms with E-state index in [1.807, 2.05) is 18.2 Å². The third-order valence-corrected chi connectivity index (χ3v) is 4.10. The average molecular weight is 297 g/mol. The molecule has 4 unspecified atom stereocenters. The van der Waals surface area contributed by atoms with Gasteiger partial charge in [0.05, 0.1) is 0 Å². The van der Waals surface area contributed by atoms with Gasteiger partial charge in [-0.15, -0.1) is 6.58 Å². The van der Waals surface area contributed by atoms with Gasteiger partial charge >= 0.3 is 0 Å². The Balaban J connectivity index is 2.80. The van der Waals surface area contributed by atoms with Crippen LogP contribution in [0.25, 0.3) is 0 Å². The van der Waals surface area contributed by atoms with Gasteiger partial charge in [-0.2, -0.15) is 0 Å². The first-order valence-electron chi connectivity index (χ1n) is 8.29. The molecule has 1 N–H and O–H groups in total. The molecule has 0 aromatic heterocycles. The number of nitrogens with one attached hydrogen (secondary N) is 1. The van der Waals surface area contributed by atoms with Crippen LogP contribution in [0, 0.1) is 17.8 Å². The maximum absolute atomic E-state index is 3.83. The Bertz CT molecular complexity index is 464. The summed E-state index contributed by atoms with van der Waals surface area (Å²) in [7, 11) is 0. The van der Waals surface area contributed by atoms with E-state index >= 15 is 0 Å². The fourth-order valence-corrected chi connectivity index (χ4v) is 2.72. The Morgan fingerprint density at radius 3 is 2.59 bits per heavy atom. The van der Waals surface area contributed by atoms with Crippen LogP contribution in [0.1, 0.15) is 27.2 Å². The summed E-state index contributed by atoms with van der Waals surface area (Å²) in [6, 6.07) is 0.360. The van der Waals surface area contributed by atoms with Crippen LogP contribution in [0.15, 0.2) is 73.4 Å². The van der Waals surface area contributed by atoms with Gasteiger partial charge in [0.15, 0.2) is 0 Å². The predicted molar refractivity (Wildman–Crippen MR) is 99.8 cm³/mol. The highest BCUT2D eigenvalue weighted by Gasteiger charge is 2.18. The summed E-state index contributed by atoms with van der Waals surface area (Å²) < 4.78 is 0. The van der Waals surface area contributed by atoms with E-state index in [-0.39, 0.29) is 0 Å². The Morgan fingerprint density at radius 1 is 1.23 bits per heavy atom. The van der Waals surface area contributed by atoms with Crippen molar-refractivity contribution in [3.8, 4) is 0 Å². The molecule has 0 saturated carbocycles. The van der Waals surface area contributed by atoms with Crippen LogP contribution >= 0.6 is 0 Å². The third-order valence-electron chi connectivity index (χ3n) is 4.10. The van der Waals surface area contributed by atoms with Gasteiger partial charge in [-0.3, -0.25) is 0 Å². The number of allylic oxidation sites excluding steroid dienone is 8. The average Bonchev–Trinajstić information content (AvgIpc) is 2.52. The summed E-state index contributed by atoms with van der Waals surface area (Å²) in [5.74, 6) is 1.49. The highest BCUT2D eigenvalue weighted by Crippen LogP contribution is 2.29. The molecule has 1 heteroatoms. The molecule has 0 radical (unpaired) electrons. The van der Waals surface area contributed by atoms with E-state index in [0.717, 1.165) is 13.0 Å². The molecule has 1 aliphatic rings. The largest absolute Gasteiger partial charge is 0.310 e. The van der Waals surface area contributed by atoms with E-state index < -0.39 is 0 Å². The van der Waals surface area contributed by atoms with Crippen LogP contribution in [-0.2, 0) is 0 Å². The highest BCUT2D eigenvalue weighted by molar-refractivity contribution is 5.25. The second kappa shape index (κ2) is 10.2. The van der Waals surface area contributed by atoms with Gasteiger partial charge in [-0.25, -0.2) is 0 Å². The lowest BCUT2D eigenvalue weighted by Crippen LogP contribution is -2.26. The highest BCUT2D eigenvalue weighted by atomic mass is 14.9. The van der Waals surface area contributed by atoms with Crippen LogP contribution in [0.5, 0.6) is 0 Å². The minimum absolute atomic E-state index is 0.360. The molecule has 120 valence electrons. The molecule has 1 aliphatic carbocycles. The first kappa shape index (κ1) is 18.4. The molecule has 0 amide bonds. The summed E-state index contributed by atoms with van der Waals surface area (Å²) in [5, 5.41) is 3.50. The van der Waals surface area contributed by atoms with Crippen molar-refractivity contribution in [1.82, 2.24) is 5.32 Å². The molecule has 1 nitrogen and oxygen atoms in total. The Labute approximate surface area is 136 Å². The van der Waals surface area contributed by atoms with Crippen LogP contribution < -0.4 is 5.32 Å². The van der Waals surface area contributed by atoms with Gasteiger partial charge in [0.25, 0.3) is 0 Å². The summed E-state index contributed by atoms with van der Waals surface area (Å²) >= 11 is 0. The molecule has 0 aliphatic heterocycles. The standard InChI is InChI=1S/C21H31N/c1-6-8-11-17(3)16-20(14-15-22-19(5)7-2)21-13-10-9-12-18(21)4/h6-13,16-19,21-22H,1-2,14-15H2,3-5H3/b11-8-,20-16-. The van der Waals surface area contributed by atoms with Crippen LogP contribution in [0.3, 0.4) is 0 Å². The van der Waals surface area contributed by atoms with E-state index in [2.05, 4.69) is 75.7 Å². The maximum Gasteiger partial charge on any atom is 0.0219 e.